The fourth-order valence-electron chi connectivity index (χ4n) is 4.54. The molecule has 188 valence electrons. The highest BCUT2D eigenvalue weighted by atomic mass is 35.5. The number of H-pyrrole nitrogens is 1. The normalized spacial score (nSPS) is 15.7. The van der Waals surface area contributed by atoms with Crippen molar-refractivity contribution >= 4 is 22.5 Å². The molecule has 1 fully saturated rings. The van der Waals surface area contributed by atoms with Crippen molar-refractivity contribution < 1.29 is 9.47 Å². The summed E-state index contributed by atoms with van der Waals surface area (Å²) >= 11 is 6.48. The number of aromatic nitrogens is 5. The van der Waals surface area contributed by atoms with Gasteiger partial charge < -0.3 is 14.5 Å². The number of fused-ring (bicyclic) bond motifs is 1. The quantitative estimate of drug-likeness (QED) is 0.346. The van der Waals surface area contributed by atoms with Gasteiger partial charge in [0.1, 0.15) is 5.75 Å². The van der Waals surface area contributed by atoms with Gasteiger partial charge in [0, 0.05) is 41.2 Å². The monoisotopic (exact) mass is 508 g/mol. The molecular formula is C26H29ClN6O3. The molecule has 5 rings (SSSR count). The Hall–Kier alpha value is -3.27. The van der Waals surface area contributed by atoms with Crippen LogP contribution >= 0.6 is 11.6 Å². The average molecular weight is 509 g/mol. The van der Waals surface area contributed by atoms with Crippen LogP contribution < -0.4 is 10.3 Å². The van der Waals surface area contributed by atoms with E-state index in [9.17, 15) is 4.79 Å². The number of halogens is 1. The maximum Gasteiger partial charge on any atom is 0.252 e. The zero-order chi connectivity index (χ0) is 24.9. The molecule has 0 bridgehead atoms. The van der Waals surface area contributed by atoms with Crippen molar-refractivity contribution in [2.75, 3.05) is 13.2 Å². The van der Waals surface area contributed by atoms with Crippen LogP contribution in [0, 0.1) is 0 Å². The molecule has 36 heavy (non-hydrogen) atoms. The van der Waals surface area contributed by atoms with Gasteiger partial charge in [0.2, 0.25) is 0 Å². The van der Waals surface area contributed by atoms with Crippen molar-refractivity contribution in [2.24, 2.45) is 0 Å². The van der Waals surface area contributed by atoms with Crippen molar-refractivity contribution in [3.8, 4) is 5.75 Å². The highest BCUT2D eigenvalue weighted by Gasteiger charge is 2.21. The van der Waals surface area contributed by atoms with Gasteiger partial charge in [-0.25, -0.2) is 4.68 Å². The van der Waals surface area contributed by atoms with Crippen LogP contribution in [0.1, 0.15) is 36.7 Å². The summed E-state index contributed by atoms with van der Waals surface area (Å²) in [5.41, 5.74) is 2.25. The standard InChI is InChI=1S/C26H29ClN6O3/c1-2-35-21-9-10-24-19(13-21)12-20(26(34)28-24)15-32(14-18-6-3-4-8-23(18)27)17-25-29-30-31-33(25)16-22-7-5-11-36-22/h3-4,6,8-10,12-13,22H,2,5,7,11,14-17H2,1H3,(H,28,34)/t22-/m1/s1. The summed E-state index contributed by atoms with van der Waals surface area (Å²) in [5.74, 6) is 1.48. The van der Waals surface area contributed by atoms with E-state index in [1.807, 2.05) is 55.5 Å². The Morgan fingerprint density at radius 3 is 2.83 bits per heavy atom. The van der Waals surface area contributed by atoms with Gasteiger partial charge in [0.25, 0.3) is 5.56 Å². The number of nitrogens with one attached hydrogen (secondary N) is 1. The number of tetrazole rings is 1. The summed E-state index contributed by atoms with van der Waals surface area (Å²) in [4.78, 5) is 18.1. The Labute approximate surface area is 214 Å². The summed E-state index contributed by atoms with van der Waals surface area (Å²) < 4.78 is 13.2. The van der Waals surface area contributed by atoms with Gasteiger partial charge in [-0.15, -0.1) is 5.10 Å². The van der Waals surface area contributed by atoms with Crippen molar-refractivity contribution in [3.63, 3.8) is 0 Å². The van der Waals surface area contributed by atoms with E-state index in [1.165, 1.54) is 0 Å². The molecule has 0 unspecified atom stereocenters. The van der Waals surface area contributed by atoms with Gasteiger partial charge in [-0.05, 0) is 66.1 Å². The van der Waals surface area contributed by atoms with E-state index in [4.69, 9.17) is 21.1 Å². The van der Waals surface area contributed by atoms with Crippen LogP contribution in [-0.4, -0.2) is 49.4 Å². The van der Waals surface area contributed by atoms with Gasteiger partial charge >= 0.3 is 0 Å². The van der Waals surface area contributed by atoms with Crippen LogP contribution in [0.15, 0.2) is 53.3 Å². The van der Waals surface area contributed by atoms with Crippen LogP contribution in [0.2, 0.25) is 5.02 Å². The molecule has 0 saturated carbocycles. The second-order valence-corrected chi connectivity index (χ2v) is 9.36. The average Bonchev–Trinajstić information content (AvgIpc) is 3.54. The second kappa shape index (κ2) is 11.2. The molecule has 1 atom stereocenters. The SMILES string of the molecule is CCOc1ccc2[nH]c(=O)c(CN(Cc3ccccc3Cl)Cc3nnnn3C[C@H]3CCCO3)cc2c1. The third kappa shape index (κ3) is 5.75. The van der Waals surface area contributed by atoms with Crippen LogP contribution in [0.3, 0.4) is 0 Å². The maximum absolute atomic E-state index is 13.0. The molecule has 1 aliphatic rings. The summed E-state index contributed by atoms with van der Waals surface area (Å²) in [7, 11) is 0. The lowest BCUT2D eigenvalue weighted by molar-refractivity contribution is 0.0914. The summed E-state index contributed by atoms with van der Waals surface area (Å²) in [6, 6.07) is 15.3. The molecule has 0 amide bonds. The lowest BCUT2D eigenvalue weighted by atomic mass is 10.1. The summed E-state index contributed by atoms with van der Waals surface area (Å²) in [6.07, 6.45) is 2.17. The molecular weight excluding hydrogens is 480 g/mol. The van der Waals surface area contributed by atoms with E-state index in [1.54, 1.807) is 4.68 Å². The minimum Gasteiger partial charge on any atom is -0.494 e. The highest BCUT2D eigenvalue weighted by molar-refractivity contribution is 6.31. The largest absolute Gasteiger partial charge is 0.494 e. The Morgan fingerprint density at radius 1 is 1.17 bits per heavy atom. The molecule has 4 aromatic rings. The Morgan fingerprint density at radius 2 is 2.03 bits per heavy atom. The molecule has 0 radical (unpaired) electrons. The molecule has 2 aromatic heterocycles. The number of hydrogen-bond acceptors (Lipinski definition) is 7. The van der Waals surface area contributed by atoms with E-state index >= 15 is 0 Å². The molecule has 0 spiro atoms. The van der Waals surface area contributed by atoms with Crippen LogP contribution in [0.25, 0.3) is 10.9 Å². The van der Waals surface area contributed by atoms with Crippen LogP contribution in [-0.2, 0) is 30.9 Å². The predicted molar refractivity (Wildman–Crippen MR) is 137 cm³/mol. The van der Waals surface area contributed by atoms with Crippen LogP contribution in [0.5, 0.6) is 5.75 Å². The molecule has 2 aromatic carbocycles. The molecule has 10 heteroatoms. The zero-order valence-corrected chi connectivity index (χ0v) is 20.9. The summed E-state index contributed by atoms with van der Waals surface area (Å²) in [6.45, 7) is 5.28. The fraction of sp³-hybridized carbons (Fsp3) is 0.385. The lowest BCUT2D eigenvalue weighted by Crippen LogP contribution is -2.29. The zero-order valence-electron chi connectivity index (χ0n) is 20.2. The Kier molecular flexibility index (Phi) is 7.60. The van der Waals surface area contributed by atoms with Crippen molar-refractivity contribution in [1.82, 2.24) is 30.1 Å². The topological polar surface area (TPSA) is 98.2 Å². The number of nitrogens with zero attached hydrogens (tertiary/aromatic N) is 5. The summed E-state index contributed by atoms with van der Waals surface area (Å²) in [5, 5.41) is 14.0. The second-order valence-electron chi connectivity index (χ2n) is 8.95. The van der Waals surface area contributed by atoms with Gasteiger partial charge in [-0.2, -0.15) is 0 Å². The smallest absolute Gasteiger partial charge is 0.252 e. The lowest BCUT2D eigenvalue weighted by Gasteiger charge is -2.23. The first kappa shape index (κ1) is 24.4. The highest BCUT2D eigenvalue weighted by Crippen LogP contribution is 2.22. The van der Waals surface area contributed by atoms with Crippen LogP contribution in [0.4, 0.5) is 0 Å². The molecule has 1 saturated heterocycles. The van der Waals surface area contributed by atoms with E-state index in [-0.39, 0.29) is 11.7 Å². The predicted octanol–water partition coefficient (Wildman–Crippen LogP) is 3.95. The fourth-order valence-corrected chi connectivity index (χ4v) is 4.73. The minimum absolute atomic E-state index is 0.118. The van der Waals surface area contributed by atoms with Gasteiger partial charge in [-0.3, -0.25) is 9.69 Å². The van der Waals surface area contributed by atoms with Crippen molar-refractivity contribution in [3.05, 3.63) is 80.9 Å². The Bertz CT molecular complexity index is 1380. The van der Waals surface area contributed by atoms with E-state index in [0.717, 1.165) is 41.7 Å². The Balaban J connectivity index is 1.44. The first-order valence-electron chi connectivity index (χ1n) is 12.2. The number of benzene rings is 2. The number of pyridine rings is 1. The molecule has 0 aliphatic carbocycles. The van der Waals surface area contributed by atoms with Gasteiger partial charge in [0.15, 0.2) is 5.82 Å². The number of aromatic amines is 1. The van der Waals surface area contributed by atoms with E-state index < -0.39 is 0 Å². The van der Waals surface area contributed by atoms with Crippen molar-refractivity contribution in [1.29, 1.82) is 0 Å². The maximum atomic E-state index is 13.0. The van der Waals surface area contributed by atoms with E-state index in [2.05, 4.69) is 25.4 Å². The number of ether oxygens (including phenoxy) is 2. The van der Waals surface area contributed by atoms with Gasteiger partial charge in [0.05, 0.1) is 25.8 Å². The van der Waals surface area contributed by atoms with Crippen molar-refractivity contribution in [2.45, 2.75) is 52.0 Å². The number of rotatable bonds is 10. The third-order valence-electron chi connectivity index (χ3n) is 6.32. The van der Waals surface area contributed by atoms with Gasteiger partial charge in [-0.1, -0.05) is 29.8 Å². The molecule has 1 N–H and O–H groups in total. The first-order chi connectivity index (χ1) is 17.6. The van der Waals surface area contributed by atoms with E-state index in [0.29, 0.717) is 49.2 Å². The minimum atomic E-state index is -0.130. The number of hydrogen-bond donors (Lipinski definition) is 1. The first-order valence-corrected chi connectivity index (χ1v) is 12.6. The molecule has 9 nitrogen and oxygen atoms in total. The molecule has 3 heterocycles. The third-order valence-corrected chi connectivity index (χ3v) is 6.69. The molecule has 1 aliphatic heterocycles.